The van der Waals surface area contributed by atoms with Gasteiger partial charge in [0.2, 0.25) is 5.91 Å². The van der Waals surface area contributed by atoms with Crippen LogP contribution < -0.4 is 5.56 Å². The second-order valence-electron chi connectivity index (χ2n) is 7.73. The Balaban J connectivity index is 1.45. The molecule has 0 N–H and O–H groups in total. The average molecular weight is 330 g/mol. The van der Waals surface area contributed by atoms with Gasteiger partial charge in [0.05, 0.1) is 6.10 Å². The smallest absolute Gasteiger partial charge is 0.250 e. The molecule has 0 saturated carbocycles. The first kappa shape index (κ1) is 15.9. The summed E-state index contributed by atoms with van der Waals surface area (Å²) in [6.07, 6.45) is 4.11. The van der Waals surface area contributed by atoms with Gasteiger partial charge in [-0.1, -0.05) is 13.0 Å². The lowest BCUT2D eigenvalue weighted by Crippen LogP contribution is -2.49. The first-order chi connectivity index (χ1) is 11.6. The van der Waals surface area contributed by atoms with Crippen molar-refractivity contribution in [3.8, 4) is 0 Å². The van der Waals surface area contributed by atoms with Gasteiger partial charge in [-0.05, 0) is 37.2 Å². The number of rotatable bonds is 3. The number of ether oxygens (including phenoxy) is 1. The molecule has 1 aromatic heterocycles. The summed E-state index contributed by atoms with van der Waals surface area (Å²) in [6, 6.07) is 5.52. The summed E-state index contributed by atoms with van der Waals surface area (Å²) >= 11 is 0. The number of piperidine rings is 1. The van der Waals surface area contributed by atoms with E-state index in [1.54, 1.807) is 6.07 Å². The molecule has 4 heterocycles. The van der Waals surface area contributed by atoms with E-state index in [-0.39, 0.29) is 23.5 Å². The molecular weight excluding hydrogens is 304 g/mol. The van der Waals surface area contributed by atoms with Crippen LogP contribution >= 0.6 is 0 Å². The maximum atomic E-state index is 12.8. The maximum Gasteiger partial charge on any atom is 0.250 e. The van der Waals surface area contributed by atoms with Gasteiger partial charge in [0.25, 0.3) is 5.56 Å². The molecule has 24 heavy (non-hydrogen) atoms. The van der Waals surface area contributed by atoms with Gasteiger partial charge in [0.15, 0.2) is 0 Å². The van der Waals surface area contributed by atoms with Crippen molar-refractivity contribution in [1.82, 2.24) is 9.47 Å². The first-order valence-corrected chi connectivity index (χ1v) is 9.21. The van der Waals surface area contributed by atoms with Gasteiger partial charge >= 0.3 is 0 Å². The Bertz CT molecular complexity index is 677. The number of nitrogens with zero attached hydrogens (tertiary/aromatic N) is 2. The van der Waals surface area contributed by atoms with Gasteiger partial charge in [-0.15, -0.1) is 0 Å². The van der Waals surface area contributed by atoms with Crippen molar-refractivity contribution in [1.29, 1.82) is 0 Å². The number of amides is 1. The van der Waals surface area contributed by atoms with Gasteiger partial charge in [0, 0.05) is 50.3 Å². The summed E-state index contributed by atoms with van der Waals surface area (Å²) in [5.74, 6) is 1.24. The van der Waals surface area contributed by atoms with E-state index in [2.05, 4.69) is 6.92 Å². The first-order valence-electron chi connectivity index (χ1n) is 9.21. The SMILES string of the molecule is C[C@H](CC(=O)N1C[C@@H]2C[C@H](C1)c1cccc(=O)n1C2)[C@H]1CCCO1. The molecule has 130 valence electrons. The molecule has 5 heteroatoms. The third-order valence-corrected chi connectivity index (χ3v) is 5.93. The predicted molar refractivity (Wildman–Crippen MR) is 90.9 cm³/mol. The van der Waals surface area contributed by atoms with Crippen LogP contribution in [0.4, 0.5) is 0 Å². The van der Waals surface area contributed by atoms with Crippen LogP contribution in [0.2, 0.25) is 0 Å². The van der Waals surface area contributed by atoms with Crippen LogP contribution in [-0.2, 0) is 16.1 Å². The van der Waals surface area contributed by atoms with Crippen molar-refractivity contribution in [2.75, 3.05) is 19.7 Å². The van der Waals surface area contributed by atoms with E-state index in [9.17, 15) is 9.59 Å². The van der Waals surface area contributed by atoms with Crippen LogP contribution in [0.15, 0.2) is 23.0 Å². The third-order valence-electron chi connectivity index (χ3n) is 5.93. The van der Waals surface area contributed by atoms with Gasteiger partial charge in [-0.2, -0.15) is 0 Å². The lowest BCUT2D eigenvalue weighted by Gasteiger charge is -2.43. The Morgan fingerprint density at radius 3 is 3.00 bits per heavy atom. The molecular formula is C19H26N2O3. The van der Waals surface area contributed by atoms with E-state index in [1.165, 1.54) is 0 Å². The Morgan fingerprint density at radius 1 is 1.33 bits per heavy atom. The zero-order chi connectivity index (χ0) is 16.7. The molecule has 1 amide bonds. The molecule has 1 aromatic rings. The minimum absolute atomic E-state index is 0.0916. The normalized spacial score (nSPS) is 30.0. The molecule has 3 aliphatic heterocycles. The van der Waals surface area contributed by atoms with Crippen LogP contribution in [0.1, 0.15) is 44.2 Å². The quantitative estimate of drug-likeness (QED) is 0.852. The predicted octanol–water partition coefficient (Wildman–Crippen LogP) is 2.00. The number of carbonyl (C=O) groups is 1. The Labute approximate surface area is 142 Å². The summed E-state index contributed by atoms with van der Waals surface area (Å²) < 4.78 is 7.64. The van der Waals surface area contributed by atoms with Crippen LogP contribution in [0.5, 0.6) is 0 Å². The van der Waals surface area contributed by atoms with Crippen molar-refractivity contribution in [3.05, 3.63) is 34.2 Å². The Kier molecular flexibility index (Phi) is 4.21. The largest absolute Gasteiger partial charge is 0.378 e. The number of aromatic nitrogens is 1. The number of hydrogen-bond acceptors (Lipinski definition) is 3. The van der Waals surface area contributed by atoms with Crippen molar-refractivity contribution < 1.29 is 9.53 Å². The molecule has 0 aromatic carbocycles. The molecule has 0 unspecified atom stereocenters. The number of hydrogen-bond donors (Lipinski definition) is 0. The minimum Gasteiger partial charge on any atom is -0.378 e. The van der Waals surface area contributed by atoms with Crippen molar-refractivity contribution >= 4 is 5.91 Å². The van der Waals surface area contributed by atoms with E-state index >= 15 is 0 Å². The van der Waals surface area contributed by atoms with Gasteiger partial charge in [0.1, 0.15) is 0 Å². The molecule has 0 spiro atoms. The Morgan fingerprint density at radius 2 is 2.21 bits per heavy atom. The van der Waals surface area contributed by atoms with Crippen LogP contribution in [0.3, 0.4) is 0 Å². The van der Waals surface area contributed by atoms with Gasteiger partial charge < -0.3 is 14.2 Å². The summed E-state index contributed by atoms with van der Waals surface area (Å²) in [4.78, 5) is 26.9. The molecule has 4 rings (SSSR count). The lowest BCUT2D eigenvalue weighted by atomic mass is 9.82. The van der Waals surface area contributed by atoms with Gasteiger partial charge in [-0.3, -0.25) is 9.59 Å². The summed E-state index contributed by atoms with van der Waals surface area (Å²) in [5, 5.41) is 0. The van der Waals surface area contributed by atoms with Crippen molar-refractivity contribution in [3.63, 3.8) is 0 Å². The van der Waals surface area contributed by atoms with E-state index in [4.69, 9.17) is 4.74 Å². The van der Waals surface area contributed by atoms with E-state index < -0.39 is 0 Å². The number of likely N-dealkylation sites (tertiary alicyclic amines) is 1. The Hall–Kier alpha value is -1.62. The summed E-state index contributed by atoms with van der Waals surface area (Å²) in [5.41, 5.74) is 1.19. The van der Waals surface area contributed by atoms with E-state index in [1.807, 2.05) is 21.6 Å². The fourth-order valence-corrected chi connectivity index (χ4v) is 4.69. The number of pyridine rings is 1. The molecule has 4 atom stereocenters. The van der Waals surface area contributed by atoms with Crippen LogP contribution in [-0.4, -0.2) is 41.2 Å². The second-order valence-corrected chi connectivity index (χ2v) is 7.73. The fourth-order valence-electron chi connectivity index (χ4n) is 4.69. The molecule has 2 fully saturated rings. The molecule has 0 aliphatic carbocycles. The zero-order valence-corrected chi connectivity index (χ0v) is 14.3. The van der Waals surface area contributed by atoms with Crippen molar-refractivity contribution in [2.45, 2.75) is 51.2 Å². The minimum atomic E-state index is 0.0916. The summed E-state index contributed by atoms with van der Waals surface area (Å²) in [6.45, 7) is 5.25. The summed E-state index contributed by atoms with van der Waals surface area (Å²) in [7, 11) is 0. The fraction of sp³-hybridized carbons (Fsp3) is 0.684. The standard InChI is InChI=1S/C19H26N2O3/c1-13(17-5-3-7-24-17)8-19(23)20-10-14-9-15(12-20)16-4-2-6-18(22)21(16)11-14/h2,4,6,13-15,17H,3,5,7-12H2,1H3/t13-,14+,15-,17-/m1/s1. The van der Waals surface area contributed by atoms with E-state index in [0.717, 1.165) is 51.2 Å². The molecule has 3 aliphatic rings. The third kappa shape index (κ3) is 2.90. The second kappa shape index (κ2) is 6.36. The molecule has 2 saturated heterocycles. The zero-order valence-electron chi connectivity index (χ0n) is 14.3. The number of fused-ring (bicyclic) bond motifs is 4. The average Bonchev–Trinajstić information content (AvgIpc) is 3.10. The molecule has 0 radical (unpaired) electrons. The highest BCUT2D eigenvalue weighted by Crippen LogP contribution is 2.35. The number of carbonyl (C=O) groups excluding carboxylic acids is 1. The van der Waals surface area contributed by atoms with Gasteiger partial charge in [-0.25, -0.2) is 0 Å². The van der Waals surface area contributed by atoms with E-state index in [0.29, 0.717) is 18.3 Å². The maximum absolute atomic E-state index is 12.8. The highest BCUT2D eigenvalue weighted by molar-refractivity contribution is 5.76. The highest BCUT2D eigenvalue weighted by atomic mass is 16.5. The molecule has 5 nitrogen and oxygen atoms in total. The van der Waals surface area contributed by atoms with Crippen LogP contribution in [0, 0.1) is 11.8 Å². The monoisotopic (exact) mass is 330 g/mol. The van der Waals surface area contributed by atoms with Crippen molar-refractivity contribution in [2.24, 2.45) is 11.8 Å². The highest BCUT2D eigenvalue weighted by Gasteiger charge is 2.37. The van der Waals surface area contributed by atoms with Crippen LogP contribution in [0.25, 0.3) is 0 Å². The molecule has 2 bridgehead atoms. The lowest BCUT2D eigenvalue weighted by molar-refractivity contribution is -0.135. The topological polar surface area (TPSA) is 51.5 Å².